The molecule has 0 spiro atoms. The number of carbonyl (C=O) groups excluding carboxylic acids is 5. The Labute approximate surface area is 343 Å². The Morgan fingerprint density at radius 3 is 1.88 bits per heavy atom. The number of hydrogen-bond acceptors (Lipinski definition) is 10. The summed E-state index contributed by atoms with van der Waals surface area (Å²) in [7, 11) is 0. The van der Waals surface area contributed by atoms with E-state index in [1.54, 1.807) is 60.8 Å². The van der Waals surface area contributed by atoms with Crippen molar-refractivity contribution >= 4 is 64.3 Å². The van der Waals surface area contributed by atoms with E-state index < -0.39 is 122 Å². The van der Waals surface area contributed by atoms with Crippen LogP contribution < -0.4 is 27.0 Å². The highest BCUT2D eigenvalue weighted by Crippen LogP contribution is 2.22. The van der Waals surface area contributed by atoms with E-state index in [2.05, 4.69) is 26.3 Å². The van der Waals surface area contributed by atoms with Crippen LogP contribution in [0.2, 0.25) is 0 Å². The largest absolute Gasteiger partial charge is 0.481 e. The van der Waals surface area contributed by atoms with Crippen molar-refractivity contribution in [3.05, 3.63) is 71.9 Å². The standard InChI is InChI=1S/C40H49N7O13/c41-25(12-15-32(48)49)35(54)44-28(14-17-34(52)53)39(58)47-18-6-11-31(47)38(57)43-27(13-16-33(50)51)36(55)45-29(20-23-21-42-26-10-5-4-9-24(23)26)37(56)46-30(40(59)60)19-22-7-2-1-3-8-22/h1-5,7-10,21,25,27-31,42H,6,11-20,41H2,(H,43,57)(H,44,54)(H,45,55)(H,46,56)(H,48,49)(H,50,51)(H,52,53)(H,59,60). The first-order chi connectivity index (χ1) is 28.5. The van der Waals surface area contributed by atoms with Crippen molar-refractivity contribution in [2.24, 2.45) is 5.73 Å². The predicted molar refractivity (Wildman–Crippen MR) is 211 cm³/mol. The molecule has 60 heavy (non-hydrogen) atoms. The Morgan fingerprint density at radius 1 is 0.667 bits per heavy atom. The molecule has 1 fully saturated rings. The van der Waals surface area contributed by atoms with Gasteiger partial charge in [0.1, 0.15) is 30.2 Å². The summed E-state index contributed by atoms with van der Waals surface area (Å²) in [5, 5.41) is 48.4. The van der Waals surface area contributed by atoms with E-state index in [0.717, 1.165) is 10.4 Å². The first-order valence-electron chi connectivity index (χ1n) is 19.3. The fraction of sp³-hybridized carbons (Fsp3) is 0.425. The highest BCUT2D eigenvalue weighted by molar-refractivity contribution is 5.97. The number of hydrogen-bond donors (Lipinski definition) is 10. The number of amides is 5. The summed E-state index contributed by atoms with van der Waals surface area (Å²) in [5.41, 5.74) is 7.72. The number of carboxylic acids is 4. The van der Waals surface area contributed by atoms with Crippen molar-refractivity contribution in [1.82, 2.24) is 31.2 Å². The first kappa shape index (κ1) is 45.9. The van der Waals surface area contributed by atoms with Gasteiger partial charge >= 0.3 is 23.9 Å². The molecule has 2 aromatic carbocycles. The zero-order valence-corrected chi connectivity index (χ0v) is 32.5. The topological polar surface area (TPSA) is 328 Å². The van der Waals surface area contributed by atoms with Gasteiger partial charge in [0.05, 0.1) is 6.04 Å². The molecule has 6 atom stereocenters. The van der Waals surface area contributed by atoms with Crippen LogP contribution in [0.25, 0.3) is 10.9 Å². The molecule has 20 heteroatoms. The maximum Gasteiger partial charge on any atom is 0.326 e. The number of carbonyl (C=O) groups is 9. The molecule has 5 amide bonds. The van der Waals surface area contributed by atoms with E-state index >= 15 is 0 Å². The number of para-hydroxylation sites is 1. The van der Waals surface area contributed by atoms with E-state index in [1.165, 1.54) is 0 Å². The van der Waals surface area contributed by atoms with E-state index in [0.29, 0.717) is 16.5 Å². The van der Waals surface area contributed by atoms with Crippen LogP contribution in [-0.4, -0.2) is 127 Å². The van der Waals surface area contributed by atoms with Gasteiger partial charge in [-0.2, -0.15) is 0 Å². The summed E-state index contributed by atoms with van der Waals surface area (Å²) in [6, 6.07) is 7.22. The Balaban J connectivity index is 1.56. The molecule has 3 aromatic rings. The summed E-state index contributed by atoms with van der Waals surface area (Å²) in [5.74, 6) is -9.61. The third-order valence-electron chi connectivity index (χ3n) is 10.0. The number of aliphatic carboxylic acids is 4. The highest BCUT2D eigenvalue weighted by Gasteiger charge is 2.40. The minimum atomic E-state index is -1.57. The van der Waals surface area contributed by atoms with E-state index in [1.807, 2.05) is 0 Å². The van der Waals surface area contributed by atoms with Gasteiger partial charge in [-0.1, -0.05) is 48.5 Å². The lowest BCUT2D eigenvalue weighted by molar-refractivity contribution is -0.144. The molecule has 20 nitrogen and oxygen atoms in total. The van der Waals surface area contributed by atoms with E-state index in [-0.39, 0.29) is 38.6 Å². The highest BCUT2D eigenvalue weighted by atomic mass is 16.4. The SMILES string of the molecule is NC(CCC(=O)O)C(=O)NC(CCC(=O)O)C(=O)N1CCCC1C(=O)NC(CCC(=O)O)C(=O)NC(Cc1c[nH]c2ccccc12)C(=O)NC(Cc1ccccc1)C(=O)O. The molecule has 322 valence electrons. The van der Waals surface area contributed by atoms with Gasteiger partial charge in [0.15, 0.2) is 0 Å². The van der Waals surface area contributed by atoms with Gasteiger partial charge in [0.2, 0.25) is 29.5 Å². The number of H-pyrrole nitrogens is 1. The van der Waals surface area contributed by atoms with Gasteiger partial charge < -0.3 is 57.3 Å². The van der Waals surface area contributed by atoms with Crippen LogP contribution in [0.3, 0.4) is 0 Å². The summed E-state index contributed by atoms with van der Waals surface area (Å²) < 4.78 is 0. The summed E-state index contributed by atoms with van der Waals surface area (Å²) in [6.07, 6.45) is -0.964. The van der Waals surface area contributed by atoms with Gasteiger partial charge in [-0.15, -0.1) is 0 Å². The van der Waals surface area contributed by atoms with E-state index in [9.17, 15) is 58.5 Å². The van der Waals surface area contributed by atoms with Crippen molar-refractivity contribution in [3.63, 3.8) is 0 Å². The lowest BCUT2D eigenvalue weighted by Crippen LogP contribution is -2.59. The average molecular weight is 836 g/mol. The van der Waals surface area contributed by atoms with E-state index in [4.69, 9.17) is 10.8 Å². The van der Waals surface area contributed by atoms with Crippen molar-refractivity contribution in [1.29, 1.82) is 0 Å². The third kappa shape index (κ3) is 13.4. The van der Waals surface area contributed by atoms with Gasteiger partial charge in [0, 0.05) is 55.7 Å². The maximum absolute atomic E-state index is 14.0. The molecular formula is C40H49N7O13. The lowest BCUT2D eigenvalue weighted by atomic mass is 10.0. The molecule has 1 aliphatic heterocycles. The minimum Gasteiger partial charge on any atom is -0.481 e. The molecule has 0 radical (unpaired) electrons. The second-order valence-electron chi connectivity index (χ2n) is 14.4. The Morgan fingerprint density at radius 2 is 1.23 bits per heavy atom. The fourth-order valence-corrected chi connectivity index (χ4v) is 6.85. The molecule has 1 aliphatic rings. The molecule has 0 bridgehead atoms. The Bertz CT molecular complexity index is 2060. The number of nitrogens with one attached hydrogen (secondary N) is 5. The second kappa shape index (κ2) is 21.8. The van der Waals surface area contributed by atoms with Crippen molar-refractivity contribution in [2.75, 3.05) is 6.54 Å². The number of fused-ring (bicyclic) bond motifs is 1. The van der Waals surface area contributed by atoms with Gasteiger partial charge in [0.25, 0.3) is 0 Å². The molecule has 2 heterocycles. The number of nitrogens with two attached hydrogens (primary N) is 1. The first-order valence-corrected chi connectivity index (χ1v) is 19.3. The van der Waals surface area contributed by atoms with Crippen LogP contribution in [0, 0.1) is 0 Å². The molecule has 0 aliphatic carbocycles. The van der Waals surface area contributed by atoms with Crippen LogP contribution in [0.1, 0.15) is 62.5 Å². The van der Waals surface area contributed by atoms with Crippen LogP contribution in [0.5, 0.6) is 0 Å². The monoisotopic (exact) mass is 835 g/mol. The number of benzene rings is 2. The quantitative estimate of drug-likeness (QED) is 0.0596. The van der Waals surface area contributed by atoms with Crippen LogP contribution in [0.4, 0.5) is 0 Å². The maximum atomic E-state index is 14.0. The molecule has 4 rings (SSSR count). The Hall–Kier alpha value is -6.83. The van der Waals surface area contributed by atoms with Crippen LogP contribution in [-0.2, 0) is 56.0 Å². The fourth-order valence-electron chi connectivity index (χ4n) is 6.85. The van der Waals surface area contributed by atoms with Gasteiger partial charge in [-0.25, -0.2) is 4.79 Å². The number of carboxylic acid groups (broad SMARTS) is 4. The van der Waals surface area contributed by atoms with Crippen molar-refractivity contribution < 1.29 is 63.6 Å². The summed E-state index contributed by atoms with van der Waals surface area (Å²) >= 11 is 0. The van der Waals surface area contributed by atoms with Crippen LogP contribution >= 0.6 is 0 Å². The normalized spacial score (nSPS) is 16.1. The molecule has 1 aromatic heterocycles. The molecule has 6 unspecified atom stereocenters. The minimum absolute atomic E-state index is 0.00594. The zero-order valence-electron chi connectivity index (χ0n) is 32.5. The van der Waals surface area contributed by atoms with Crippen LogP contribution in [0.15, 0.2) is 60.8 Å². The smallest absolute Gasteiger partial charge is 0.326 e. The molecule has 1 saturated heterocycles. The van der Waals surface area contributed by atoms with Gasteiger partial charge in [-0.05, 0) is 49.3 Å². The number of nitrogens with zero attached hydrogens (tertiary/aromatic N) is 1. The number of likely N-dealkylation sites (tertiary alicyclic amines) is 1. The molecular weight excluding hydrogens is 786 g/mol. The van der Waals surface area contributed by atoms with Gasteiger partial charge in [-0.3, -0.25) is 38.4 Å². The number of aromatic amines is 1. The predicted octanol–water partition coefficient (Wildman–Crippen LogP) is -0.110. The second-order valence-corrected chi connectivity index (χ2v) is 14.4. The number of rotatable bonds is 23. The Kier molecular flexibility index (Phi) is 16.7. The summed E-state index contributed by atoms with van der Waals surface area (Å²) in [4.78, 5) is 119. The van der Waals surface area contributed by atoms with Crippen molar-refractivity contribution in [3.8, 4) is 0 Å². The summed E-state index contributed by atoms with van der Waals surface area (Å²) in [6.45, 7) is -0.00594. The molecule has 0 saturated carbocycles. The number of aromatic nitrogens is 1. The third-order valence-corrected chi connectivity index (χ3v) is 10.0. The molecule has 11 N–H and O–H groups in total. The lowest BCUT2D eigenvalue weighted by Gasteiger charge is -2.30. The van der Waals surface area contributed by atoms with Crippen molar-refractivity contribution in [2.45, 2.75) is 100 Å². The zero-order chi connectivity index (χ0) is 43.9. The average Bonchev–Trinajstić information content (AvgIpc) is 3.87.